The molecule has 0 radical (unpaired) electrons. The van der Waals surface area contributed by atoms with E-state index in [0.29, 0.717) is 11.8 Å². The van der Waals surface area contributed by atoms with Crippen LogP contribution in [0.5, 0.6) is 0 Å². The summed E-state index contributed by atoms with van der Waals surface area (Å²) in [6, 6.07) is 0. The highest BCUT2D eigenvalue weighted by atomic mass is 32.1. The SMILES string of the molecule is CC(O)CCN(C)CC(CS)C(C)C. The highest BCUT2D eigenvalue weighted by Crippen LogP contribution is 2.13. The monoisotopic (exact) mass is 219 g/mol. The van der Waals surface area contributed by atoms with E-state index in [0.717, 1.165) is 25.3 Å². The van der Waals surface area contributed by atoms with Crippen LogP contribution >= 0.6 is 12.6 Å². The van der Waals surface area contributed by atoms with Crippen LogP contribution in [0.3, 0.4) is 0 Å². The van der Waals surface area contributed by atoms with Gasteiger partial charge in [0.05, 0.1) is 6.10 Å². The summed E-state index contributed by atoms with van der Waals surface area (Å²) in [4.78, 5) is 2.29. The molecule has 86 valence electrons. The second kappa shape index (κ2) is 7.55. The molecule has 0 spiro atoms. The van der Waals surface area contributed by atoms with E-state index in [1.54, 1.807) is 0 Å². The lowest BCUT2D eigenvalue weighted by Crippen LogP contribution is -2.31. The Morgan fingerprint density at radius 2 is 1.86 bits per heavy atom. The first-order chi connectivity index (χ1) is 6.47. The van der Waals surface area contributed by atoms with Gasteiger partial charge in [0.2, 0.25) is 0 Å². The molecule has 0 aromatic heterocycles. The van der Waals surface area contributed by atoms with Crippen LogP contribution in [-0.4, -0.2) is 42.0 Å². The van der Waals surface area contributed by atoms with Crippen LogP contribution < -0.4 is 0 Å². The van der Waals surface area contributed by atoms with E-state index in [-0.39, 0.29) is 6.10 Å². The zero-order valence-corrected chi connectivity index (χ0v) is 10.8. The van der Waals surface area contributed by atoms with Crippen molar-refractivity contribution in [1.82, 2.24) is 4.90 Å². The molecular weight excluding hydrogens is 194 g/mol. The molecule has 0 heterocycles. The Morgan fingerprint density at radius 3 is 2.21 bits per heavy atom. The topological polar surface area (TPSA) is 23.5 Å². The summed E-state index contributed by atoms with van der Waals surface area (Å²) < 4.78 is 0. The van der Waals surface area contributed by atoms with Gasteiger partial charge in [-0.2, -0.15) is 12.6 Å². The molecule has 0 fully saturated rings. The predicted octanol–water partition coefficient (Wildman–Crippen LogP) is 1.89. The lowest BCUT2D eigenvalue weighted by molar-refractivity contribution is 0.156. The van der Waals surface area contributed by atoms with Gasteiger partial charge >= 0.3 is 0 Å². The van der Waals surface area contributed by atoms with E-state index in [9.17, 15) is 0 Å². The van der Waals surface area contributed by atoms with E-state index < -0.39 is 0 Å². The van der Waals surface area contributed by atoms with Crippen LogP contribution in [0.15, 0.2) is 0 Å². The van der Waals surface area contributed by atoms with Crippen LogP contribution in [-0.2, 0) is 0 Å². The van der Waals surface area contributed by atoms with Crippen molar-refractivity contribution in [3.63, 3.8) is 0 Å². The van der Waals surface area contributed by atoms with E-state index >= 15 is 0 Å². The molecule has 0 aliphatic heterocycles. The molecule has 0 aromatic carbocycles. The fraction of sp³-hybridized carbons (Fsp3) is 1.00. The number of hydrogen-bond acceptors (Lipinski definition) is 3. The number of nitrogens with zero attached hydrogens (tertiary/aromatic N) is 1. The van der Waals surface area contributed by atoms with Gasteiger partial charge in [0.15, 0.2) is 0 Å². The molecule has 0 saturated heterocycles. The van der Waals surface area contributed by atoms with Crippen molar-refractivity contribution in [1.29, 1.82) is 0 Å². The summed E-state index contributed by atoms with van der Waals surface area (Å²) >= 11 is 4.36. The maximum atomic E-state index is 9.16. The van der Waals surface area contributed by atoms with Gasteiger partial charge in [-0.1, -0.05) is 13.8 Å². The fourth-order valence-corrected chi connectivity index (χ4v) is 1.92. The van der Waals surface area contributed by atoms with Gasteiger partial charge in [-0.05, 0) is 38.0 Å². The Morgan fingerprint density at radius 1 is 1.29 bits per heavy atom. The molecule has 3 heteroatoms. The molecule has 0 aliphatic carbocycles. The normalized spacial score (nSPS) is 16.3. The average Bonchev–Trinajstić information content (AvgIpc) is 2.10. The highest BCUT2D eigenvalue weighted by molar-refractivity contribution is 7.80. The van der Waals surface area contributed by atoms with Gasteiger partial charge in [-0.15, -0.1) is 0 Å². The van der Waals surface area contributed by atoms with Crippen molar-refractivity contribution >= 4 is 12.6 Å². The molecule has 1 N–H and O–H groups in total. The molecule has 2 unspecified atom stereocenters. The molecule has 14 heavy (non-hydrogen) atoms. The third kappa shape index (κ3) is 6.68. The van der Waals surface area contributed by atoms with Crippen molar-refractivity contribution < 1.29 is 5.11 Å². The van der Waals surface area contributed by atoms with Crippen molar-refractivity contribution in [2.45, 2.75) is 33.3 Å². The third-order valence-electron chi connectivity index (χ3n) is 2.65. The van der Waals surface area contributed by atoms with Crippen LogP contribution in [0.2, 0.25) is 0 Å². The maximum Gasteiger partial charge on any atom is 0.0524 e. The summed E-state index contributed by atoms with van der Waals surface area (Å²) in [5.74, 6) is 2.27. The molecule has 0 bridgehead atoms. The zero-order valence-electron chi connectivity index (χ0n) is 9.90. The van der Waals surface area contributed by atoms with E-state index in [1.165, 1.54) is 0 Å². The fourth-order valence-electron chi connectivity index (χ4n) is 1.38. The number of thiol groups is 1. The molecule has 0 aromatic rings. The minimum atomic E-state index is -0.189. The Labute approximate surface area is 94.1 Å². The largest absolute Gasteiger partial charge is 0.393 e. The molecule has 0 saturated carbocycles. The minimum absolute atomic E-state index is 0.189. The summed E-state index contributed by atoms with van der Waals surface area (Å²) in [7, 11) is 2.11. The summed E-state index contributed by atoms with van der Waals surface area (Å²) in [6.07, 6.45) is 0.666. The molecular formula is C11H25NOS. The first-order valence-corrected chi connectivity index (χ1v) is 6.08. The van der Waals surface area contributed by atoms with Crippen molar-refractivity contribution in [2.75, 3.05) is 25.9 Å². The molecule has 2 atom stereocenters. The van der Waals surface area contributed by atoms with E-state index in [2.05, 4.69) is 38.4 Å². The minimum Gasteiger partial charge on any atom is -0.393 e. The quantitative estimate of drug-likeness (QED) is 0.639. The van der Waals surface area contributed by atoms with Crippen molar-refractivity contribution in [2.24, 2.45) is 11.8 Å². The first kappa shape index (κ1) is 14.3. The van der Waals surface area contributed by atoms with E-state index in [1.807, 2.05) is 6.92 Å². The van der Waals surface area contributed by atoms with Gasteiger partial charge < -0.3 is 10.0 Å². The Hall–Kier alpha value is 0.270. The summed E-state index contributed by atoms with van der Waals surface area (Å²) in [5, 5.41) is 9.16. The average molecular weight is 219 g/mol. The van der Waals surface area contributed by atoms with Crippen molar-refractivity contribution in [3.8, 4) is 0 Å². The predicted molar refractivity (Wildman–Crippen MR) is 66.0 cm³/mol. The highest BCUT2D eigenvalue weighted by Gasteiger charge is 2.13. The summed E-state index contributed by atoms with van der Waals surface area (Å²) in [6.45, 7) is 8.36. The Bertz CT molecular complexity index is 139. The molecule has 2 nitrogen and oxygen atoms in total. The van der Waals surface area contributed by atoms with Crippen LogP contribution in [0, 0.1) is 11.8 Å². The van der Waals surface area contributed by atoms with Gasteiger partial charge in [0.1, 0.15) is 0 Å². The Kier molecular flexibility index (Phi) is 7.69. The number of hydrogen-bond donors (Lipinski definition) is 2. The molecule has 0 amide bonds. The van der Waals surface area contributed by atoms with Crippen molar-refractivity contribution in [3.05, 3.63) is 0 Å². The number of aliphatic hydroxyl groups is 1. The lowest BCUT2D eigenvalue weighted by atomic mass is 9.97. The van der Waals surface area contributed by atoms with Crippen LogP contribution in [0.25, 0.3) is 0 Å². The standard InChI is InChI=1S/C11H25NOS/c1-9(2)11(8-14)7-12(4)6-5-10(3)13/h9-11,13-14H,5-8H2,1-4H3. The number of rotatable bonds is 7. The zero-order chi connectivity index (χ0) is 11.1. The third-order valence-corrected chi connectivity index (χ3v) is 3.12. The van der Waals surface area contributed by atoms with Gasteiger partial charge in [-0.25, -0.2) is 0 Å². The second-order valence-electron chi connectivity index (χ2n) is 4.59. The van der Waals surface area contributed by atoms with Crippen LogP contribution in [0.1, 0.15) is 27.2 Å². The number of aliphatic hydroxyl groups excluding tert-OH is 1. The van der Waals surface area contributed by atoms with Gasteiger partial charge in [0.25, 0.3) is 0 Å². The second-order valence-corrected chi connectivity index (χ2v) is 4.95. The Balaban J connectivity index is 3.73. The molecule has 0 aliphatic rings. The van der Waals surface area contributed by atoms with E-state index in [4.69, 9.17) is 5.11 Å². The lowest BCUT2D eigenvalue weighted by Gasteiger charge is -2.25. The van der Waals surface area contributed by atoms with Gasteiger partial charge in [-0.3, -0.25) is 0 Å². The van der Waals surface area contributed by atoms with Gasteiger partial charge in [0, 0.05) is 13.1 Å². The summed E-state index contributed by atoms with van der Waals surface area (Å²) in [5.41, 5.74) is 0. The van der Waals surface area contributed by atoms with Crippen LogP contribution in [0.4, 0.5) is 0 Å². The smallest absolute Gasteiger partial charge is 0.0524 e. The maximum absolute atomic E-state index is 9.16. The molecule has 0 rings (SSSR count). The first-order valence-electron chi connectivity index (χ1n) is 5.44.